The number of rotatable bonds is 3. The Morgan fingerprint density at radius 3 is 2.58 bits per heavy atom. The lowest BCUT2D eigenvalue weighted by Crippen LogP contribution is -2.44. The summed E-state index contributed by atoms with van der Waals surface area (Å²) in [5.41, 5.74) is 5.44. The van der Waals surface area contributed by atoms with Crippen molar-refractivity contribution in [1.82, 2.24) is 40.0 Å². The van der Waals surface area contributed by atoms with Gasteiger partial charge in [-0.15, -0.1) is 0 Å². The molecule has 154 valence electrons. The number of H-pyrrole nitrogens is 2. The SMILES string of the molecule is CN1CCN(c2nccc3[nH]c(-c4n[nH]c5ncc(-c6cncnc6)cc45)cc23)CC1. The van der Waals surface area contributed by atoms with Crippen molar-refractivity contribution >= 4 is 27.8 Å². The molecule has 1 aliphatic heterocycles. The molecule has 6 heterocycles. The summed E-state index contributed by atoms with van der Waals surface area (Å²) in [7, 11) is 2.16. The molecule has 31 heavy (non-hydrogen) atoms. The van der Waals surface area contributed by atoms with Crippen LogP contribution in [0, 0.1) is 0 Å². The average Bonchev–Trinajstić information content (AvgIpc) is 3.43. The summed E-state index contributed by atoms with van der Waals surface area (Å²) in [6, 6.07) is 6.23. The number of likely N-dealkylation sites (N-methyl/N-ethyl adjacent to an activating group) is 1. The van der Waals surface area contributed by atoms with Crippen LogP contribution < -0.4 is 4.90 Å². The molecule has 1 saturated heterocycles. The minimum absolute atomic E-state index is 0.742. The summed E-state index contributed by atoms with van der Waals surface area (Å²) < 4.78 is 0. The standard InChI is InChI=1S/C22H21N9/c1-30-4-6-31(7-5-30)22-16-9-19(27-18(16)2-3-25-22)20-17-8-14(12-26-21(17)29-28-20)15-10-23-13-24-11-15/h2-3,8-13,27H,4-7H2,1H3,(H,26,28,29). The second-order valence-electron chi connectivity index (χ2n) is 7.89. The first-order chi connectivity index (χ1) is 15.3. The normalized spacial score (nSPS) is 15.2. The molecular formula is C22H21N9. The lowest BCUT2D eigenvalue weighted by Gasteiger charge is -2.33. The number of aromatic nitrogens is 7. The number of piperazine rings is 1. The van der Waals surface area contributed by atoms with E-state index in [1.54, 1.807) is 12.4 Å². The van der Waals surface area contributed by atoms with Gasteiger partial charge in [0.2, 0.25) is 0 Å². The van der Waals surface area contributed by atoms with Gasteiger partial charge in [0.15, 0.2) is 5.65 Å². The second kappa shape index (κ2) is 7.13. The van der Waals surface area contributed by atoms with Crippen LogP contribution in [0.2, 0.25) is 0 Å². The molecule has 9 heteroatoms. The molecule has 0 spiro atoms. The van der Waals surface area contributed by atoms with Crippen molar-refractivity contribution in [1.29, 1.82) is 0 Å². The van der Waals surface area contributed by atoms with Gasteiger partial charge in [-0.25, -0.2) is 19.9 Å². The zero-order valence-electron chi connectivity index (χ0n) is 17.1. The summed E-state index contributed by atoms with van der Waals surface area (Å²) in [5, 5.41) is 9.66. The molecule has 0 bridgehead atoms. The fourth-order valence-corrected chi connectivity index (χ4v) is 4.15. The number of nitrogens with zero attached hydrogens (tertiary/aromatic N) is 7. The molecule has 1 fully saturated rings. The maximum absolute atomic E-state index is 4.70. The van der Waals surface area contributed by atoms with Crippen molar-refractivity contribution in [2.24, 2.45) is 0 Å². The first-order valence-corrected chi connectivity index (χ1v) is 10.3. The number of fused-ring (bicyclic) bond motifs is 2. The topological polar surface area (TPSA) is 103 Å². The van der Waals surface area contributed by atoms with Crippen molar-refractivity contribution in [3.05, 3.63) is 49.3 Å². The van der Waals surface area contributed by atoms with Gasteiger partial charge in [0.05, 0.1) is 11.2 Å². The zero-order valence-corrected chi connectivity index (χ0v) is 17.1. The third-order valence-electron chi connectivity index (χ3n) is 5.90. The highest BCUT2D eigenvalue weighted by atomic mass is 15.3. The zero-order chi connectivity index (χ0) is 20.8. The molecule has 5 aromatic heterocycles. The Morgan fingerprint density at radius 2 is 1.74 bits per heavy atom. The quantitative estimate of drug-likeness (QED) is 0.471. The Balaban J connectivity index is 1.44. The lowest BCUT2D eigenvalue weighted by molar-refractivity contribution is 0.312. The second-order valence-corrected chi connectivity index (χ2v) is 7.89. The molecule has 1 aliphatic rings. The predicted octanol–water partition coefficient (Wildman–Crippen LogP) is 2.71. The third kappa shape index (κ3) is 3.10. The van der Waals surface area contributed by atoms with Crippen LogP contribution in [0.5, 0.6) is 0 Å². The highest BCUT2D eigenvalue weighted by Gasteiger charge is 2.20. The van der Waals surface area contributed by atoms with Crippen LogP contribution in [0.3, 0.4) is 0 Å². The van der Waals surface area contributed by atoms with Gasteiger partial charge in [0.1, 0.15) is 17.8 Å². The number of nitrogens with one attached hydrogen (secondary N) is 2. The van der Waals surface area contributed by atoms with Gasteiger partial charge < -0.3 is 14.8 Å². The highest BCUT2D eigenvalue weighted by Crippen LogP contribution is 2.33. The van der Waals surface area contributed by atoms with Crippen molar-refractivity contribution in [2.45, 2.75) is 0 Å². The monoisotopic (exact) mass is 411 g/mol. The summed E-state index contributed by atoms with van der Waals surface area (Å²) in [6.45, 7) is 4.02. The van der Waals surface area contributed by atoms with E-state index in [0.717, 1.165) is 76.4 Å². The molecule has 0 amide bonds. The van der Waals surface area contributed by atoms with Gasteiger partial charge >= 0.3 is 0 Å². The molecular weight excluding hydrogens is 390 g/mol. The minimum atomic E-state index is 0.742. The van der Waals surface area contributed by atoms with Crippen LogP contribution in [-0.4, -0.2) is 73.2 Å². The fourth-order valence-electron chi connectivity index (χ4n) is 4.15. The van der Waals surface area contributed by atoms with E-state index in [4.69, 9.17) is 4.98 Å². The number of hydrogen-bond donors (Lipinski definition) is 2. The molecule has 0 saturated carbocycles. The summed E-state index contributed by atoms with van der Waals surface area (Å²) >= 11 is 0. The van der Waals surface area contributed by atoms with E-state index < -0.39 is 0 Å². The number of anilines is 1. The lowest BCUT2D eigenvalue weighted by atomic mass is 10.1. The molecule has 0 unspecified atom stereocenters. The predicted molar refractivity (Wildman–Crippen MR) is 120 cm³/mol. The number of aromatic amines is 2. The summed E-state index contributed by atoms with van der Waals surface area (Å²) in [6.07, 6.45) is 8.77. The molecule has 0 atom stereocenters. The molecule has 0 aliphatic carbocycles. The van der Waals surface area contributed by atoms with Crippen LogP contribution in [0.1, 0.15) is 0 Å². The van der Waals surface area contributed by atoms with E-state index in [2.05, 4.69) is 59.1 Å². The Bertz CT molecular complexity index is 1360. The van der Waals surface area contributed by atoms with Crippen LogP contribution in [-0.2, 0) is 0 Å². The molecule has 5 aromatic rings. The van der Waals surface area contributed by atoms with Crippen LogP contribution in [0.25, 0.3) is 44.5 Å². The number of pyridine rings is 2. The maximum atomic E-state index is 4.70. The minimum Gasteiger partial charge on any atom is -0.353 e. The Labute approximate surface area is 178 Å². The van der Waals surface area contributed by atoms with Gasteiger partial charge in [-0.2, -0.15) is 5.10 Å². The van der Waals surface area contributed by atoms with E-state index in [1.807, 2.05) is 18.5 Å². The molecule has 0 radical (unpaired) electrons. The molecule has 2 N–H and O–H groups in total. The summed E-state index contributed by atoms with van der Waals surface area (Å²) in [5.74, 6) is 1.02. The van der Waals surface area contributed by atoms with E-state index in [1.165, 1.54) is 6.33 Å². The van der Waals surface area contributed by atoms with Gasteiger partial charge in [0.25, 0.3) is 0 Å². The first kappa shape index (κ1) is 18.0. The Kier molecular flexibility index (Phi) is 4.13. The van der Waals surface area contributed by atoms with Gasteiger partial charge in [-0.1, -0.05) is 0 Å². The summed E-state index contributed by atoms with van der Waals surface area (Å²) in [4.78, 5) is 25.7. The van der Waals surface area contributed by atoms with Crippen LogP contribution in [0.15, 0.2) is 49.3 Å². The molecule has 0 aromatic carbocycles. The van der Waals surface area contributed by atoms with E-state index >= 15 is 0 Å². The van der Waals surface area contributed by atoms with E-state index in [9.17, 15) is 0 Å². The van der Waals surface area contributed by atoms with Crippen molar-refractivity contribution < 1.29 is 0 Å². The van der Waals surface area contributed by atoms with Gasteiger partial charge in [0, 0.05) is 72.9 Å². The number of hydrogen-bond acceptors (Lipinski definition) is 7. The van der Waals surface area contributed by atoms with E-state index in [-0.39, 0.29) is 0 Å². The maximum Gasteiger partial charge on any atom is 0.155 e. The highest BCUT2D eigenvalue weighted by molar-refractivity contribution is 5.99. The first-order valence-electron chi connectivity index (χ1n) is 10.3. The average molecular weight is 411 g/mol. The van der Waals surface area contributed by atoms with Gasteiger partial charge in [-0.3, -0.25) is 5.10 Å². The van der Waals surface area contributed by atoms with Crippen LogP contribution >= 0.6 is 0 Å². The third-order valence-corrected chi connectivity index (χ3v) is 5.90. The van der Waals surface area contributed by atoms with Crippen LogP contribution in [0.4, 0.5) is 5.82 Å². The van der Waals surface area contributed by atoms with Crippen molar-refractivity contribution in [2.75, 3.05) is 38.1 Å². The largest absolute Gasteiger partial charge is 0.353 e. The molecule has 9 nitrogen and oxygen atoms in total. The fraction of sp³-hybridized carbons (Fsp3) is 0.227. The van der Waals surface area contributed by atoms with Gasteiger partial charge in [-0.05, 0) is 25.2 Å². The smallest absolute Gasteiger partial charge is 0.155 e. The van der Waals surface area contributed by atoms with Crippen molar-refractivity contribution in [3.8, 4) is 22.5 Å². The van der Waals surface area contributed by atoms with E-state index in [0.29, 0.717) is 0 Å². The Hall–Kier alpha value is -3.85. The Morgan fingerprint density at radius 1 is 0.903 bits per heavy atom. The molecule has 6 rings (SSSR count). The van der Waals surface area contributed by atoms with Crippen molar-refractivity contribution in [3.63, 3.8) is 0 Å².